The van der Waals surface area contributed by atoms with Gasteiger partial charge in [-0.2, -0.15) is 5.21 Å². The summed E-state index contributed by atoms with van der Waals surface area (Å²) in [5.74, 6) is 1.68. The predicted molar refractivity (Wildman–Crippen MR) is 149 cm³/mol. The molecule has 4 aromatic rings. The van der Waals surface area contributed by atoms with Crippen molar-refractivity contribution in [3.63, 3.8) is 0 Å². The number of hydrogen-bond acceptors (Lipinski definition) is 6. The van der Waals surface area contributed by atoms with Crippen LogP contribution in [0.2, 0.25) is 0 Å². The normalized spacial score (nSPS) is 11.8. The Morgan fingerprint density at radius 1 is 1.08 bits per heavy atom. The van der Waals surface area contributed by atoms with Crippen molar-refractivity contribution in [1.29, 1.82) is 0 Å². The number of unbranched alkanes of at least 4 members (excludes halogenated alkanes) is 1. The highest BCUT2D eigenvalue weighted by atomic mass is 16.5. The molecule has 0 spiro atoms. The number of aryl methyl sites for hydroxylation is 1. The van der Waals surface area contributed by atoms with E-state index in [4.69, 9.17) is 9.72 Å². The molecule has 0 amide bonds. The molecule has 2 heterocycles. The van der Waals surface area contributed by atoms with Gasteiger partial charge in [0.2, 0.25) is 5.82 Å². The molecule has 0 aliphatic carbocycles. The number of tetrazole rings is 1. The summed E-state index contributed by atoms with van der Waals surface area (Å²) in [7, 11) is 0. The highest BCUT2D eigenvalue weighted by Crippen LogP contribution is 2.30. The standard InChI is InChI=1S/C30H36N6O2/c1-5-7-12-28-31-19-25(18-24(17-21(3)4)30(37)38-6-2)36(28)20-22-13-15-23(16-14-22)26-10-8-9-11-27(26)29-32-34-35-33-29/h8-11,13-16,18-19,21H,5-7,12,17,20H2,1-4H3,(H,32,33,34,35). The summed E-state index contributed by atoms with van der Waals surface area (Å²) in [4.78, 5) is 17.4. The first-order chi connectivity index (χ1) is 18.5. The third kappa shape index (κ3) is 6.62. The van der Waals surface area contributed by atoms with Crippen molar-refractivity contribution in [2.24, 2.45) is 5.92 Å². The van der Waals surface area contributed by atoms with Crippen LogP contribution in [0.3, 0.4) is 0 Å². The quantitative estimate of drug-likeness (QED) is 0.182. The lowest BCUT2D eigenvalue weighted by Gasteiger charge is -2.14. The minimum atomic E-state index is -0.256. The van der Waals surface area contributed by atoms with E-state index in [1.54, 1.807) is 0 Å². The van der Waals surface area contributed by atoms with Gasteiger partial charge in [0.05, 0.1) is 18.5 Å². The maximum absolute atomic E-state index is 12.7. The number of H-pyrrole nitrogens is 1. The molecule has 8 nitrogen and oxygen atoms in total. The van der Waals surface area contributed by atoms with Gasteiger partial charge in [-0.05, 0) is 53.7 Å². The number of carbonyl (C=O) groups excluding carboxylic acids is 1. The van der Waals surface area contributed by atoms with Crippen LogP contribution in [0, 0.1) is 5.92 Å². The summed E-state index contributed by atoms with van der Waals surface area (Å²) in [6, 6.07) is 16.6. The summed E-state index contributed by atoms with van der Waals surface area (Å²) < 4.78 is 7.57. The van der Waals surface area contributed by atoms with Crippen LogP contribution in [0.1, 0.15) is 64.0 Å². The van der Waals surface area contributed by atoms with Gasteiger partial charge in [-0.1, -0.05) is 75.7 Å². The molecule has 8 heteroatoms. The first-order valence-corrected chi connectivity index (χ1v) is 13.3. The van der Waals surface area contributed by atoms with E-state index in [0.29, 0.717) is 36.9 Å². The van der Waals surface area contributed by atoms with Crippen molar-refractivity contribution >= 4 is 12.0 Å². The molecule has 0 bridgehead atoms. The Kier molecular flexibility index (Phi) is 9.19. The van der Waals surface area contributed by atoms with Crippen LogP contribution in [-0.4, -0.2) is 42.8 Å². The van der Waals surface area contributed by atoms with Crippen LogP contribution in [-0.2, 0) is 22.5 Å². The fourth-order valence-corrected chi connectivity index (χ4v) is 4.48. The minimum absolute atomic E-state index is 0.256. The SMILES string of the molecule is CCCCc1ncc(C=C(CC(C)C)C(=O)OCC)n1Cc1ccc(-c2ccccc2-c2nn[nH]n2)cc1. The molecule has 0 atom stereocenters. The fourth-order valence-electron chi connectivity index (χ4n) is 4.48. The molecular formula is C30H36N6O2. The van der Waals surface area contributed by atoms with E-state index >= 15 is 0 Å². The van der Waals surface area contributed by atoms with Gasteiger partial charge in [0.15, 0.2) is 0 Å². The van der Waals surface area contributed by atoms with Crippen molar-refractivity contribution in [3.05, 3.63) is 77.4 Å². The number of aromatic amines is 1. The molecule has 0 radical (unpaired) electrons. The van der Waals surface area contributed by atoms with Gasteiger partial charge in [0.1, 0.15) is 5.82 Å². The number of aromatic nitrogens is 6. The van der Waals surface area contributed by atoms with Gasteiger partial charge in [-0.3, -0.25) is 0 Å². The van der Waals surface area contributed by atoms with Crippen LogP contribution in [0.4, 0.5) is 0 Å². The molecule has 0 saturated carbocycles. The van der Waals surface area contributed by atoms with Gasteiger partial charge in [0.25, 0.3) is 0 Å². The maximum Gasteiger partial charge on any atom is 0.334 e. The summed E-state index contributed by atoms with van der Waals surface area (Å²) in [6.45, 7) is 9.25. The molecule has 4 rings (SSSR count). The average Bonchev–Trinajstić information content (AvgIpc) is 3.58. The number of nitrogens with one attached hydrogen (secondary N) is 1. The topological polar surface area (TPSA) is 98.6 Å². The Hall–Kier alpha value is -4.07. The number of hydrogen-bond donors (Lipinski definition) is 1. The van der Waals surface area contributed by atoms with E-state index in [9.17, 15) is 4.79 Å². The summed E-state index contributed by atoms with van der Waals surface area (Å²) in [5.41, 5.74) is 5.80. The smallest absolute Gasteiger partial charge is 0.334 e. The van der Waals surface area contributed by atoms with Crippen molar-refractivity contribution in [2.75, 3.05) is 6.61 Å². The molecule has 2 aromatic heterocycles. The Balaban J connectivity index is 1.65. The zero-order valence-electron chi connectivity index (χ0n) is 22.6. The summed E-state index contributed by atoms with van der Waals surface area (Å²) in [6.07, 6.45) is 7.52. The molecule has 2 aromatic carbocycles. The second-order valence-corrected chi connectivity index (χ2v) is 9.75. The number of benzene rings is 2. The first kappa shape index (κ1) is 27.0. The molecule has 0 aliphatic heterocycles. The molecular weight excluding hydrogens is 476 g/mol. The molecule has 0 fully saturated rings. The van der Waals surface area contributed by atoms with E-state index in [1.165, 1.54) is 0 Å². The van der Waals surface area contributed by atoms with Crippen molar-refractivity contribution in [1.82, 2.24) is 30.2 Å². The third-order valence-electron chi connectivity index (χ3n) is 6.33. The number of imidazole rings is 1. The van der Waals surface area contributed by atoms with Crippen LogP contribution in [0.15, 0.2) is 60.3 Å². The molecule has 1 N–H and O–H groups in total. The van der Waals surface area contributed by atoms with Crippen molar-refractivity contribution in [2.45, 2.75) is 59.9 Å². The monoisotopic (exact) mass is 512 g/mol. The van der Waals surface area contributed by atoms with Crippen molar-refractivity contribution < 1.29 is 9.53 Å². The number of carbonyl (C=O) groups is 1. The average molecular weight is 513 g/mol. The maximum atomic E-state index is 12.7. The Morgan fingerprint density at radius 2 is 1.84 bits per heavy atom. The summed E-state index contributed by atoms with van der Waals surface area (Å²) in [5, 5.41) is 14.5. The fraction of sp³-hybridized carbons (Fsp3) is 0.367. The number of nitrogens with zero attached hydrogens (tertiary/aromatic N) is 5. The summed E-state index contributed by atoms with van der Waals surface area (Å²) >= 11 is 0. The molecule has 198 valence electrons. The van der Waals surface area contributed by atoms with Crippen molar-refractivity contribution in [3.8, 4) is 22.5 Å². The first-order valence-electron chi connectivity index (χ1n) is 13.3. The second kappa shape index (κ2) is 12.9. The van der Waals surface area contributed by atoms with E-state index in [2.05, 4.69) is 76.3 Å². The lowest BCUT2D eigenvalue weighted by molar-refractivity contribution is -0.138. The van der Waals surface area contributed by atoms with Crippen LogP contribution in [0.25, 0.3) is 28.6 Å². The largest absolute Gasteiger partial charge is 0.463 e. The highest BCUT2D eigenvalue weighted by Gasteiger charge is 2.16. The predicted octanol–water partition coefficient (Wildman–Crippen LogP) is 6.11. The second-order valence-electron chi connectivity index (χ2n) is 9.75. The molecule has 0 saturated heterocycles. The van der Waals surface area contributed by atoms with Gasteiger partial charge in [-0.15, -0.1) is 10.2 Å². The highest BCUT2D eigenvalue weighted by molar-refractivity contribution is 5.93. The van der Waals surface area contributed by atoms with E-state index < -0.39 is 0 Å². The Bertz CT molecular complexity index is 1350. The zero-order valence-corrected chi connectivity index (χ0v) is 22.6. The van der Waals surface area contributed by atoms with E-state index in [0.717, 1.165) is 53.0 Å². The van der Waals surface area contributed by atoms with Gasteiger partial charge in [-0.25, -0.2) is 9.78 Å². The van der Waals surface area contributed by atoms with Gasteiger partial charge < -0.3 is 9.30 Å². The van der Waals surface area contributed by atoms with Crippen LogP contribution < -0.4 is 0 Å². The van der Waals surface area contributed by atoms with Crippen LogP contribution in [0.5, 0.6) is 0 Å². The van der Waals surface area contributed by atoms with Crippen LogP contribution >= 0.6 is 0 Å². The third-order valence-corrected chi connectivity index (χ3v) is 6.33. The van der Waals surface area contributed by atoms with E-state index in [1.807, 2.05) is 37.4 Å². The zero-order chi connectivity index (χ0) is 26.9. The number of esters is 1. The van der Waals surface area contributed by atoms with Gasteiger partial charge in [0, 0.05) is 24.1 Å². The number of ether oxygens (including phenoxy) is 1. The Labute approximate surface area is 224 Å². The molecule has 0 unspecified atom stereocenters. The molecule has 38 heavy (non-hydrogen) atoms. The lowest BCUT2D eigenvalue weighted by Crippen LogP contribution is -2.11. The van der Waals surface area contributed by atoms with E-state index in [-0.39, 0.29) is 5.97 Å². The minimum Gasteiger partial charge on any atom is -0.463 e. The lowest BCUT2D eigenvalue weighted by atomic mass is 9.98. The number of rotatable bonds is 12. The molecule has 0 aliphatic rings. The Morgan fingerprint density at radius 3 is 2.50 bits per heavy atom. The van der Waals surface area contributed by atoms with Gasteiger partial charge >= 0.3 is 5.97 Å².